The van der Waals surface area contributed by atoms with Gasteiger partial charge in [0.2, 0.25) is 0 Å². The van der Waals surface area contributed by atoms with Crippen LogP contribution in [0.2, 0.25) is 0 Å². The molecule has 3 aromatic rings. The van der Waals surface area contributed by atoms with Gasteiger partial charge in [-0.25, -0.2) is 9.97 Å². The molecule has 0 radical (unpaired) electrons. The fraction of sp³-hybridized carbons (Fsp3) is 0.250. The summed E-state index contributed by atoms with van der Waals surface area (Å²) in [5.74, 6) is 1.17. The van der Waals surface area contributed by atoms with E-state index in [0.717, 1.165) is 35.1 Å². The molecule has 5 heteroatoms. The van der Waals surface area contributed by atoms with Crippen LogP contribution in [0.4, 0.5) is 0 Å². The summed E-state index contributed by atoms with van der Waals surface area (Å²) < 4.78 is 5.26. The highest BCUT2D eigenvalue weighted by atomic mass is 16.3. The van der Waals surface area contributed by atoms with Crippen molar-refractivity contribution in [3.63, 3.8) is 0 Å². The molecule has 0 atom stereocenters. The fourth-order valence-corrected chi connectivity index (χ4v) is 2.36. The van der Waals surface area contributed by atoms with E-state index in [0.29, 0.717) is 12.2 Å². The highest BCUT2D eigenvalue weighted by Gasteiger charge is 2.29. The lowest BCUT2D eigenvalue weighted by molar-refractivity contribution is -0.119. The van der Waals surface area contributed by atoms with Gasteiger partial charge in [-0.3, -0.25) is 9.78 Å². The number of oxazole rings is 1. The fourth-order valence-electron chi connectivity index (χ4n) is 2.36. The summed E-state index contributed by atoms with van der Waals surface area (Å²) in [6.07, 6.45) is 7.23. The molecule has 21 heavy (non-hydrogen) atoms. The van der Waals surface area contributed by atoms with E-state index in [4.69, 9.17) is 4.42 Å². The summed E-state index contributed by atoms with van der Waals surface area (Å²) in [6, 6.07) is 5.70. The molecule has 1 aliphatic carbocycles. The van der Waals surface area contributed by atoms with Gasteiger partial charge in [-0.15, -0.1) is 0 Å². The first-order valence-electron chi connectivity index (χ1n) is 6.97. The quantitative estimate of drug-likeness (QED) is 0.734. The average molecular weight is 279 g/mol. The summed E-state index contributed by atoms with van der Waals surface area (Å²) >= 11 is 0. The van der Waals surface area contributed by atoms with Crippen molar-refractivity contribution in [3.05, 3.63) is 42.7 Å². The summed E-state index contributed by atoms with van der Waals surface area (Å²) in [6.45, 7) is 0. The molecular weight excluding hydrogens is 266 g/mol. The second-order valence-corrected chi connectivity index (χ2v) is 5.35. The van der Waals surface area contributed by atoms with E-state index in [2.05, 4.69) is 15.0 Å². The zero-order chi connectivity index (χ0) is 14.2. The van der Waals surface area contributed by atoms with Gasteiger partial charge in [0.15, 0.2) is 12.2 Å². The molecule has 3 heterocycles. The van der Waals surface area contributed by atoms with Gasteiger partial charge >= 0.3 is 0 Å². The molecule has 0 aromatic carbocycles. The van der Waals surface area contributed by atoms with E-state index in [9.17, 15) is 4.79 Å². The highest BCUT2D eigenvalue weighted by molar-refractivity contribution is 5.86. The minimum Gasteiger partial charge on any atom is -0.442 e. The maximum Gasteiger partial charge on any atom is 0.181 e. The molecule has 0 bridgehead atoms. The topological polar surface area (TPSA) is 68.9 Å². The van der Waals surface area contributed by atoms with E-state index < -0.39 is 0 Å². The lowest BCUT2D eigenvalue weighted by Gasteiger charge is -2.03. The number of carbonyl (C=O) groups is 1. The lowest BCUT2D eigenvalue weighted by atomic mass is 10.1. The molecule has 1 aliphatic rings. The van der Waals surface area contributed by atoms with Gasteiger partial charge in [-0.1, -0.05) is 0 Å². The van der Waals surface area contributed by atoms with Crippen molar-refractivity contribution in [2.45, 2.75) is 19.3 Å². The van der Waals surface area contributed by atoms with Gasteiger partial charge in [0, 0.05) is 29.6 Å². The van der Waals surface area contributed by atoms with Crippen molar-refractivity contribution in [1.82, 2.24) is 15.0 Å². The molecule has 0 unspecified atom stereocenters. The predicted octanol–water partition coefficient (Wildman–Crippen LogP) is 2.81. The molecule has 3 aromatic heterocycles. The monoisotopic (exact) mass is 279 g/mol. The Hall–Kier alpha value is -2.56. The lowest BCUT2D eigenvalue weighted by Crippen LogP contribution is -2.06. The standard InChI is InChI=1S/C16H13N3O2/c20-15(10-1-2-10)6-12-5-14-11(7-18-12)3-4-13(19-14)16-8-17-9-21-16/h3-5,7-10H,1-2,6H2. The van der Waals surface area contributed by atoms with Crippen LogP contribution in [0.5, 0.6) is 0 Å². The maximum absolute atomic E-state index is 11.9. The minimum atomic E-state index is 0.260. The molecule has 4 rings (SSSR count). The first-order chi connectivity index (χ1) is 10.3. The van der Waals surface area contributed by atoms with Gasteiger partial charge in [-0.2, -0.15) is 0 Å². The van der Waals surface area contributed by atoms with Crippen LogP contribution in [0.3, 0.4) is 0 Å². The van der Waals surface area contributed by atoms with Gasteiger partial charge in [0.25, 0.3) is 0 Å². The van der Waals surface area contributed by atoms with Crippen molar-refractivity contribution in [3.8, 4) is 11.5 Å². The van der Waals surface area contributed by atoms with Crippen molar-refractivity contribution < 1.29 is 9.21 Å². The number of ketones is 1. The SMILES string of the molecule is O=C(Cc1cc2nc(-c3cnco3)ccc2cn1)C1CC1. The Kier molecular flexibility index (Phi) is 2.77. The molecule has 1 saturated carbocycles. The van der Waals surface area contributed by atoms with Gasteiger partial charge in [0.1, 0.15) is 11.5 Å². The first-order valence-corrected chi connectivity index (χ1v) is 6.97. The second kappa shape index (κ2) is 4.77. The van der Waals surface area contributed by atoms with Crippen LogP contribution < -0.4 is 0 Å². The summed E-state index contributed by atoms with van der Waals surface area (Å²) in [5.41, 5.74) is 2.32. The molecule has 104 valence electrons. The van der Waals surface area contributed by atoms with Crippen LogP contribution >= 0.6 is 0 Å². The van der Waals surface area contributed by atoms with Crippen molar-refractivity contribution in [1.29, 1.82) is 0 Å². The van der Waals surface area contributed by atoms with E-state index >= 15 is 0 Å². The van der Waals surface area contributed by atoms with E-state index in [-0.39, 0.29) is 11.7 Å². The smallest absolute Gasteiger partial charge is 0.181 e. The predicted molar refractivity (Wildman–Crippen MR) is 76.5 cm³/mol. The van der Waals surface area contributed by atoms with Crippen molar-refractivity contribution in [2.75, 3.05) is 0 Å². The Morgan fingerprint density at radius 2 is 2.19 bits per heavy atom. The zero-order valence-electron chi connectivity index (χ0n) is 11.3. The van der Waals surface area contributed by atoms with Crippen LogP contribution in [0, 0.1) is 5.92 Å². The Morgan fingerprint density at radius 3 is 2.95 bits per heavy atom. The number of carbonyl (C=O) groups excluding carboxylic acids is 1. The number of rotatable bonds is 4. The third kappa shape index (κ3) is 2.42. The molecule has 1 fully saturated rings. The zero-order valence-corrected chi connectivity index (χ0v) is 11.3. The second-order valence-electron chi connectivity index (χ2n) is 5.35. The number of Topliss-reactive ketones (excluding diaryl/α,β-unsaturated/α-hetero) is 1. The van der Waals surface area contributed by atoms with Gasteiger partial charge < -0.3 is 4.42 Å². The number of hydrogen-bond donors (Lipinski definition) is 0. The Labute approximate surface area is 121 Å². The summed E-state index contributed by atoms with van der Waals surface area (Å²) in [5, 5.41) is 0.945. The van der Waals surface area contributed by atoms with Crippen LogP contribution in [0.1, 0.15) is 18.5 Å². The third-order valence-electron chi connectivity index (χ3n) is 3.70. The van der Waals surface area contributed by atoms with E-state index in [1.165, 1.54) is 6.39 Å². The number of aromatic nitrogens is 3. The molecule has 0 saturated heterocycles. The molecular formula is C16H13N3O2. The number of nitrogens with zero attached hydrogens (tertiary/aromatic N) is 3. The average Bonchev–Trinajstić information content (AvgIpc) is 3.22. The normalized spacial score (nSPS) is 14.5. The first kappa shape index (κ1) is 12.2. The van der Waals surface area contributed by atoms with Crippen molar-refractivity contribution >= 4 is 16.7 Å². The third-order valence-corrected chi connectivity index (χ3v) is 3.70. The summed E-state index contributed by atoms with van der Waals surface area (Å²) in [7, 11) is 0. The Bertz CT molecular complexity index is 808. The van der Waals surface area contributed by atoms with Crippen LogP contribution in [0.15, 0.2) is 41.4 Å². The number of fused-ring (bicyclic) bond motifs is 1. The molecule has 0 aliphatic heterocycles. The van der Waals surface area contributed by atoms with E-state index in [1.54, 1.807) is 12.4 Å². The molecule has 0 N–H and O–H groups in total. The highest BCUT2D eigenvalue weighted by Crippen LogP contribution is 2.31. The van der Waals surface area contributed by atoms with Gasteiger partial charge in [0.05, 0.1) is 11.7 Å². The Balaban J connectivity index is 1.69. The molecule has 0 spiro atoms. The van der Waals surface area contributed by atoms with Crippen LogP contribution in [0.25, 0.3) is 22.4 Å². The van der Waals surface area contributed by atoms with Crippen LogP contribution in [-0.4, -0.2) is 20.7 Å². The largest absolute Gasteiger partial charge is 0.442 e. The van der Waals surface area contributed by atoms with Gasteiger partial charge in [-0.05, 0) is 31.0 Å². The Morgan fingerprint density at radius 1 is 1.29 bits per heavy atom. The molecule has 5 nitrogen and oxygen atoms in total. The van der Waals surface area contributed by atoms with Crippen molar-refractivity contribution in [2.24, 2.45) is 5.92 Å². The van der Waals surface area contributed by atoms with E-state index in [1.807, 2.05) is 18.2 Å². The number of pyridine rings is 2. The molecule has 0 amide bonds. The van der Waals surface area contributed by atoms with Crippen LogP contribution in [-0.2, 0) is 11.2 Å². The number of hydrogen-bond acceptors (Lipinski definition) is 5. The summed E-state index contributed by atoms with van der Waals surface area (Å²) in [4.78, 5) is 24.7. The maximum atomic E-state index is 11.9. The minimum absolute atomic E-state index is 0.260.